The Morgan fingerprint density at radius 1 is 1.48 bits per heavy atom. The molecule has 3 atom stereocenters. The Kier molecular flexibility index (Phi) is 2.99. The molecule has 0 radical (unpaired) electrons. The standard InChI is InChI=1S/C13H13BrClN4O2/c14-12-17-11(10-5-16-3-4-19(10,12)15)8-1-2-9-7-21-13(20)18(9)6-8/h3-5,8-9H,1-2,6-7H2/q+1/t8-,9+,19?/m1/s1. The lowest BCUT2D eigenvalue weighted by molar-refractivity contribution is -0.595. The van der Waals surface area contributed by atoms with Gasteiger partial charge < -0.3 is 9.64 Å². The van der Waals surface area contributed by atoms with Crippen LogP contribution in [0.1, 0.15) is 12.8 Å². The zero-order valence-corrected chi connectivity index (χ0v) is 13.4. The number of quaternary nitrogens is 1. The fourth-order valence-electron chi connectivity index (χ4n) is 3.23. The first-order chi connectivity index (χ1) is 10.1. The van der Waals surface area contributed by atoms with Crippen LogP contribution in [0.2, 0.25) is 0 Å². The van der Waals surface area contributed by atoms with Crippen LogP contribution in [0.5, 0.6) is 0 Å². The molecule has 0 saturated carbocycles. The average Bonchev–Trinajstić information content (AvgIpc) is 2.98. The van der Waals surface area contributed by atoms with Gasteiger partial charge >= 0.3 is 6.09 Å². The molecule has 4 aliphatic rings. The molecule has 0 N–H and O–H groups in total. The summed E-state index contributed by atoms with van der Waals surface area (Å²) in [4.78, 5) is 22.3. The van der Waals surface area contributed by atoms with E-state index >= 15 is 0 Å². The molecule has 21 heavy (non-hydrogen) atoms. The van der Waals surface area contributed by atoms with Crippen molar-refractivity contribution >= 4 is 44.8 Å². The molecule has 6 nitrogen and oxygen atoms in total. The number of hydrogen-bond acceptors (Lipinski definition) is 4. The number of carbonyl (C=O) groups is 1. The van der Waals surface area contributed by atoms with Crippen molar-refractivity contribution in [1.82, 2.24) is 4.90 Å². The van der Waals surface area contributed by atoms with Crippen LogP contribution in [0.15, 0.2) is 33.8 Å². The number of rotatable bonds is 1. The molecule has 2 fully saturated rings. The zero-order valence-electron chi connectivity index (χ0n) is 11.1. The molecule has 8 heteroatoms. The number of nitrogens with zero attached hydrogens (tertiary/aromatic N) is 4. The molecule has 0 spiro atoms. The van der Waals surface area contributed by atoms with Crippen molar-refractivity contribution in [3.8, 4) is 0 Å². The number of ether oxygens (including phenoxy) is 1. The molecule has 0 aromatic rings. The van der Waals surface area contributed by atoms with Crippen LogP contribution in [-0.2, 0) is 4.74 Å². The molecule has 4 aliphatic heterocycles. The van der Waals surface area contributed by atoms with Gasteiger partial charge in [0.15, 0.2) is 11.8 Å². The summed E-state index contributed by atoms with van der Waals surface area (Å²) < 4.78 is 5.73. The first-order valence-corrected chi connectivity index (χ1v) is 7.95. The van der Waals surface area contributed by atoms with Crippen molar-refractivity contribution in [2.75, 3.05) is 13.2 Å². The van der Waals surface area contributed by atoms with E-state index in [2.05, 4.69) is 25.9 Å². The number of carbonyl (C=O) groups excluding carboxylic acids is 1. The number of hydrogen-bond donors (Lipinski definition) is 0. The van der Waals surface area contributed by atoms with Crippen molar-refractivity contribution in [2.45, 2.75) is 18.9 Å². The van der Waals surface area contributed by atoms with E-state index < -0.39 is 0 Å². The summed E-state index contributed by atoms with van der Waals surface area (Å²) >= 11 is 10.0. The van der Waals surface area contributed by atoms with Crippen molar-refractivity contribution in [1.29, 1.82) is 0 Å². The second kappa shape index (κ2) is 4.66. The summed E-state index contributed by atoms with van der Waals surface area (Å²) in [5, 5.41) is 0. The van der Waals surface area contributed by atoms with Gasteiger partial charge in [-0.2, -0.15) is 4.99 Å². The molecule has 0 aromatic carbocycles. The SMILES string of the molecule is O=C1OC[C@@H]2CC[C@@H](C3=C4C=NC=C[N+]4(Cl)C(Br)=N3)CN12. The van der Waals surface area contributed by atoms with Gasteiger partial charge in [-0.3, -0.25) is 4.99 Å². The Morgan fingerprint density at radius 2 is 2.33 bits per heavy atom. The first-order valence-electron chi connectivity index (χ1n) is 6.82. The van der Waals surface area contributed by atoms with E-state index in [0.29, 0.717) is 17.9 Å². The van der Waals surface area contributed by atoms with E-state index in [-0.39, 0.29) is 22.1 Å². The molecule has 1 unspecified atom stereocenters. The highest BCUT2D eigenvalue weighted by Gasteiger charge is 2.48. The zero-order chi connectivity index (χ0) is 14.6. The minimum Gasteiger partial charge on any atom is -0.447 e. The second-order valence-corrected chi connectivity index (χ2v) is 6.76. The monoisotopic (exact) mass is 371 g/mol. The minimum absolute atomic E-state index is 0.0107. The smallest absolute Gasteiger partial charge is 0.410 e. The molecule has 2 saturated heterocycles. The largest absolute Gasteiger partial charge is 0.447 e. The minimum atomic E-state index is -0.222. The molecular formula is C13H13BrClN4O2+. The summed E-state index contributed by atoms with van der Waals surface area (Å²) in [5.41, 5.74) is 1.75. The lowest BCUT2D eigenvalue weighted by Crippen LogP contribution is -2.42. The molecule has 4 heterocycles. The maximum absolute atomic E-state index is 11.8. The first kappa shape index (κ1) is 13.5. The Bertz CT molecular complexity index is 644. The molecule has 1 amide bonds. The van der Waals surface area contributed by atoms with Gasteiger partial charge in [0.1, 0.15) is 18.5 Å². The Balaban J connectivity index is 1.68. The van der Waals surface area contributed by atoms with E-state index in [9.17, 15) is 4.79 Å². The number of allylic oxidation sites excluding steroid dienone is 1. The highest BCUT2D eigenvalue weighted by molar-refractivity contribution is 9.18. The fourth-order valence-corrected chi connectivity index (χ4v) is 3.95. The molecule has 110 valence electrons. The third kappa shape index (κ3) is 1.91. The number of cyclic esters (lactones) is 1. The van der Waals surface area contributed by atoms with Crippen LogP contribution in [0.25, 0.3) is 0 Å². The van der Waals surface area contributed by atoms with Crippen LogP contribution in [0, 0.1) is 5.92 Å². The number of fused-ring (bicyclic) bond motifs is 2. The quantitative estimate of drug-likeness (QED) is 0.525. The number of amidine groups is 1. The van der Waals surface area contributed by atoms with Gasteiger partial charge in [0.25, 0.3) is 4.74 Å². The second-order valence-electron chi connectivity index (χ2n) is 5.52. The molecule has 0 aliphatic carbocycles. The average molecular weight is 373 g/mol. The molecule has 0 aromatic heterocycles. The van der Waals surface area contributed by atoms with E-state index in [1.54, 1.807) is 18.6 Å². The predicted molar refractivity (Wildman–Crippen MR) is 81.7 cm³/mol. The van der Waals surface area contributed by atoms with Crippen LogP contribution >= 0.6 is 27.7 Å². The van der Waals surface area contributed by atoms with Crippen LogP contribution < -0.4 is 0 Å². The van der Waals surface area contributed by atoms with Gasteiger partial charge in [0.05, 0.1) is 18.5 Å². The number of amides is 1. The van der Waals surface area contributed by atoms with Crippen molar-refractivity contribution < 1.29 is 13.5 Å². The number of halogens is 2. The maximum atomic E-state index is 11.8. The summed E-state index contributed by atoms with van der Waals surface area (Å²) in [5.74, 6) is 0.158. The van der Waals surface area contributed by atoms with Crippen LogP contribution in [0.4, 0.5) is 4.79 Å². The van der Waals surface area contributed by atoms with Gasteiger partial charge in [-0.15, -0.1) is 4.00 Å². The topological polar surface area (TPSA) is 54.3 Å². The summed E-state index contributed by atoms with van der Waals surface area (Å²) in [7, 11) is 0. The summed E-state index contributed by atoms with van der Waals surface area (Å²) in [6.07, 6.45) is 6.84. The normalized spacial score (nSPS) is 37.5. The van der Waals surface area contributed by atoms with E-state index in [0.717, 1.165) is 24.2 Å². The van der Waals surface area contributed by atoms with Gasteiger partial charge in [0.2, 0.25) is 5.70 Å². The van der Waals surface area contributed by atoms with Gasteiger partial charge in [-0.05, 0) is 12.8 Å². The van der Waals surface area contributed by atoms with Crippen LogP contribution in [0.3, 0.4) is 0 Å². The van der Waals surface area contributed by atoms with E-state index in [4.69, 9.17) is 16.5 Å². The van der Waals surface area contributed by atoms with Gasteiger partial charge in [-0.25, -0.2) is 4.79 Å². The Morgan fingerprint density at radius 3 is 3.19 bits per heavy atom. The van der Waals surface area contributed by atoms with Crippen molar-refractivity contribution in [3.05, 3.63) is 23.8 Å². The van der Waals surface area contributed by atoms with Gasteiger partial charge in [0, 0.05) is 28.4 Å². The lowest BCUT2D eigenvalue weighted by Gasteiger charge is -2.32. The molecule has 4 rings (SSSR count). The predicted octanol–water partition coefficient (Wildman–Crippen LogP) is 2.72. The third-order valence-corrected chi connectivity index (χ3v) is 5.77. The van der Waals surface area contributed by atoms with Gasteiger partial charge in [-0.1, -0.05) is 0 Å². The van der Waals surface area contributed by atoms with Crippen molar-refractivity contribution in [2.24, 2.45) is 15.9 Å². The summed E-state index contributed by atoms with van der Waals surface area (Å²) in [6, 6.07) is 0.211. The highest BCUT2D eigenvalue weighted by atomic mass is 79.9. The molecule has 0 bridgehead atoms. The van der Waals surface area contributed by atoms with E-state index in [1.807, 2.05) is 4.90 Å². The number of aliphatic imine (C=N–C) groups is 2. The third-order valence-electron chi connectivity index (χ3n) is 4.38. The Hall–Kier alpha value is -1.18. The Labute approximate surface area is 135 Å². The van der Waals surface area contributed by atoms with Crippen molar-refractivity contribution in [3.63, 3.8) is 0 Å². The maximum Gasteiger partial charge on any atom is 0.410 e. The fraction of sp³-hybridized carbons (Fsp3) is 0.462. The lowest BCUT2D eigenvalue weighted by atomic mass is 9.90. The van der Waals surface area contributed by atoms with E-state index in [1.165, 1.54) is 0 Å². The summed E-state index contributed by atoms with van der Waals surface area (Å²) in [6.45, 7) is 1.13. The highest BCUT2D eigenvalue weighted by Crippen LogP contribution is 2.42. The number of piperidine rings is 1. The molecular weight excluding hydrogens is 360 g/mol. The van der Waals surface area contributed by atoms with Crippen LogP contribution in [-0.4, -0.2) is 45.1 Å².